The third-order valence-electron chi connectivity index (χ3n) is 4.90. The monoisotopic (exact) mass is 376 g/mol. The van der Waals surface area contributed by atoms with Gasteiger partial charge in [-0.25, -0.2) is 4.39 Å². The Morgan fingerprint density at radius 3 is 2.29 bits per heavy atom. The average Bonchev–Trinajstić information content (AvgIpc) is 3.20. The summed E-state index contributed by atoms with van der Waals surface area (Å²) < 4.78 is 24.2. The Kier molecular flexibility index (Phi) is 4.98. The molecule has 142 valence electrons. The van der Waals surface area contributed by atoms with Gasteiger partial charge < -0.3 is 9.47 Å². The molecule has 28 heavy (non-hydrogen) atoms. The number of methoxy groups -OCH3 is 2. The van der Waals surface area contributed by atoms with E-state index < -0.39 is 0 Å². The minimum atomic E-state index is -0.242. The van der Waals surface area contributed by atoms with Crippen LogP contribution in [0.5, 0.6) is 11.5 Å². The largest absolute Gasteiger partial charge is 0.493 e. The highest BCUT2D eigenvalue weighted by Crippen LogP contribution is 2.38. The van der Waals surface area contributed by atoms with Crippen molar-refractivity contribution in [3.63, 3.8) is 0 Å². The SMILES string of the molecule is COc1ccc(C2=NN(c3ccccc3)[C@@H](c3ccc(F)cc3)C2)cc1OC. The van der Waals surface area contributed by atoms with Gasteiger partial charge in [0.25, 0.3) is 0 Å². The van der Waals surface area contributed by atoms with Gasteiger partial charge in [-0.15, -0.1) is 0 Å². The maximum atomic E-state index is 13.4. The molecule has 0 unspecified atom stereocenters. The molecule has 0 saturated heterocycles. The van der Waals surface area contributed by atoms with Crippen LogP contribution in [-0.2, 0) is 0 Å². The number of hydrogen-bond donors (Lipinski definition) is 0. The third-order valence-corrected chi connectivity index (χ3v) is 4.90. The first-order valence-corrected chi connectivity index (χ1v) is 9.09. The van der Waals surface area contributed by atoms with Gasteiger partial charge in [0.2, 0.25) is 0 Å². The molecule has 0 fully saturated rings. The van der Waals surface area contributed by atoms with E-state index in [9.17, 15) is 4.39 Å². The molecule has 3 aromatic rings. The molecular formula is C23H21FN2O2. The molecule has 0 bridgehead atoms. The van der Waals surface area contributed by atoms with E-state index in [0.29, 0.717) is 17.9 Å². The highest BCUT2D eigenvalue weighted by molar-refractivity contribution is 6.03. The molecule has 1 aliphatic rings. The van der Waals surface area contributed by atoms with Crippen molar-refractivity contribution in [3.05, 3.63) is 89.7 Å². The first kappa shape index (κ1) is 18.0. The number of ether oxygens (including phenoxy) is 2. The fourth-order valence-corrected chi connectivity index (χ4v) is 3.46. The van der Waals surface area contributed by atoms with Crippen LogP contribution < -0.4 is 14.5 Å². The third kappa shape index (κ3) is 3.43. The molecule has 0 aliphatic carbocycles. The van der Waals surface area contributed by atoms with E-state index in [0.717, 1.165) is 22.5 Å². The Morgan fingerprint density at radius 2 is 1.61 bits per heavy atom. The van der Waals surface area contributed by atoms with Crippen LogP contribution in [-0.4, -0.2) is 19.9 Å². The molecule has 1 atom stereocenters. The first-order valence-electron chi connectivity index (χ1n) is 9.09. The summed E-state index contributed by atoms with van der Waals surface area (Å²) in [6, 6.07) is 22.4. The zero-order valence-corrected chi connectivity index (χ0v) is 15.8. The zero-order chi connectivity index (χ0) is 19.5. The Morgan fingerprint density at radius 1 is 0.893 bits per heavy atom. The Bertz CT molecular complexity index is 987. The van der Waals surface area contributed by atoms with Gasteiger partial charge in [-0.1, -0.05) is 30.3 Å². The molecule has 0 N–H and O–H groups in total. The van der Waals surface area contributed by atoms with Crippen LogP contribution in [0.25, 0.3) is 0 Å². The second-order valence-corrected chi connectivity index (χ2v) is 6.57. The molecule has 0 aromatic heterocycles. The summed E-state index contributed by atoms with van der Waals surface area (Å²) in [5, 5.41) is 6.90. The normalized spacial score (nSPS) is 16.0. The molecule has 0 saturated carbocycles. The number of nitrogens with zero attached hydrogens (tertiary/aromatic N) is 2. The van der Waals surface area contributed by atoms with Gasteiger partial charge in [0.15, 0.2) is 11.5 Å². The summed E-state index contributed by atoms with van der Waals surface area (Å²) in [4.78, 5) is 0. The van der Waals surface area contributed by atoms with Gasteiger partial charge in [-0.2, -0.15) is 5.10 Å². The molecule has 4 rings (SSSR count). The topological polar surface area (TPSA) is 34.1 Å². The molecule has 1 aliphatic heterocycles. The number of halogens is 1. The second kappa shape index (κ2) is 7.72. The molecule has 4 nitrogen and oxygen atoms in total. The van der Waals surface area contributed by atoms with Crippen molar-refractivity contribution in [2.24, 2.45) is 5.10 Å². The Balaban J connectivity index is 1.74. The van der Waals surface area contributed by atoms with Gasteiger partial charge in [-0.05, 0) is 48.0 Å². The van der Waals surface area contributed by atoms with Gasteiger partial charge in [0.1, 0.15) is 5.82 Å². The summed E-state index contributed by atoms with van der Waals surface area (Å²) in [5.41, 5.74) is 3.93. The van der Waals surface area contributed by atoms with Crippen LogP contribution in [0.2, 0.25) is 0 Å². The highest BCUT2D eigenvalue weighted by atomic mass is 19.1. The van der Waals surface area contributed by atoms with Crippen LogP contribution in [0.4, 0.5) is 10.1 Å². The lowest BCUT2D eigenvalue weighted by Gasteiger charge is -2.23. The lowest BCUT2D eigenvalue weighted by atomic mass is 9.98. The fraction of sp³-hybridized carbons (Fsp3) is 0.174. The van der Waals surface area contributed by atoms with Crippen LogP contribution in [0.15, 0.2) is 77.9 Å². The molecule has 3 aromatic carbocycles. The quantitative estimate of drug-likeness (QED) is 0.614. The lowest BCUT2D eigenvalue weighted by Crippen LogP contribution is -2.18. The van der Waals surface area contributed by atoms with Crippen molar-refractivity contribution >= 4 is 11.4 Å². The Hall–Kier alpha value is -3.34. The van der Waals surface area contributed by atoms with E-state index in [2.05, 4.69) is 0 Å². The summed E-state index contributed by atoms with van der Waals surface area (Å²) in [6.07, 6.45) is 0.704. The predicted molar refractivity (Wildman–Crippen MR) is 109 cm³/mol. The number of hydrogen-bond acceptors (Lipinski definition) is 4. The molecule has 0 amide bonds. The molecule has 1 heterocycles. The van der Waals surface area contributed by atoms with E-state index in [1.165, 1.54) is 12.1 Å². The van der Waals surface area contributed by atoms with Crippen LogP contribution >= 0.6 is 0 Å². The predicted octanol–water partition coefficient (Wildman–Crippen LogP) is 5.20. The van der Waals surface area contributed by atoms with Crippen molar-refractivity contribution in [3.8, 4) is 11.5 Å². The van der Waals surface area contributed by atoms with Gasteiger partial charge >= 0.3 is 0 Å². The van der Waals surface area contributed by atoms with E-state index in [1.54, 1.807) is 14.2 Å². The van der Waals surface area contributed by atoms with E-state index in [4.69, 9.17) is 14.6 Å². The number of rotatable bonds is 5. The van der Waals surface area contributed by atoms with E-state index in [-0.39, 0.29) is 11.9 Å². The standard InChI is InChI=1S/C23H21FN2O2/c1-27-22-13-10-17(14-23(22)28-2)20-15-21(16-8-11-18(24)12-9-16)26(25-20)19-6-4-3-5-7-19/h3-14,21H,15H2,1-2H3/t21-/m1/s1. The fourth-order valence-electron chi connectivity index (χ4n) is 3.46. The minimum Gasteiger partial charge on any atom is -0.493 e. The molecule has 5 heteroatoms. The van der Waals surface area contributed by atoms with Gasteiger partial charge in [0, 0.05) is 12.0 Å². The number of para-hydroxylation sites is 1. The number of anilines is 1. The maximum Gasteiger partial charge on any atom is 0.161 e. The lowest BCUT2D eigenvalue weighted by molar-refractivity contribution is 0.355. The summed E-state index contributed by atoms with van der Waals surface area (Å²) in [5.74, 6) is 1.10. The van der Waals surface area contributed by atoms with Crippen LogP contribution in [0, 0.1) is 5.82 Å². The minimum absolute atomic E-state index is 0.00824. The van der Waals surface area contributed by atoms with Crippen molar-refractivity contribution in [2.75, 3.05) is 19.2 Å². The van der Waals surface area contributed by atoms with Crippen LogP contribution in [0.3, 0.4) is 0 Å². The van der Waals surface area contributed by atoms with Crippen molar-refractivity contribution in [1.82, 2.24) is 0 Å². The zero-order valence-electron chi connectivity index (χ0n) is 15.8. The highest BCUT2D eigenvalue weighted by Gasteiger charge is 2.30. The van der Waals surface area contributed by atoms with Crippen molar-refractivity contribution < 1.29 is 13.9 Å². The van der Waals surface area contributed by atoms with Gasteiger partial charge in [0.05, 0.1) is 31.7 Å². The summed E-state index contributed by atoms with van der Waals surface area (Å²) in [7, 11) is 3.24. The van der Waals surface area contributed by atoms with E-state index >= 15 is 0 Å². The molecular weight excluding hydrogens is 355 g/mol. The van der Waals surface area contributed by atoms with Crippen LogP contribution in [0.1, 0.15) is 23.6 Å². The average molecular weight is 376 g/mol. The summed E-state index contributed by atoms with van der Waals surface area (Å²) in [6.45, 7) is 0. The van der Waals surface area contributed by atoms with E-state index in [1.807, 2.05) is 65.7 Å². The van der Waals surface area contributed by atoms with Crippen molar-refractivity contribution in [2.45, 2.75) is 12.5 Å². The number of hydrazone groups is 1. The summed E-state index contributed by atoms with van der Waals surface area (Å²) >= 11 is 0. The Labute approximate surface area is 163 Å². The van der Waals surface area contributed by atoms with Gasteiger partial charge in [-0.3, -0.25) is 5.01 Å². The first-order chi connectivity index (χ1) is 13.7. The second-order valence-electron chi connectivity index (χ2n) is 6.57. The van der Waals surface area contributed by atoms with Crippen molar-refractivity contribution in [1.29, 1.82) is 0 Å². The molecule has 0 spiro atoms. The molecule has 0 radical (unpaired) electrons. The maximum absolute atomic E-state index is 13.4. The smallest absolute Gasteiger partial charge is 0.161 e. The number of benzene rings is 3.